The molecular formula is C10H11FNO. The molecule has 0 spiro atoms. The summed E-state index contributed by atoms with van der Waals surface area (Å²) in [4.78, 5) is 0. The average Bonchev–Trinajstić information content (AvgIpc) is 2.01. The number of ether oxygens (including phenoxy) is 1. The summed E-state index contributed by atoms with van der Waals surface area (Å²) in [5, 5.41) is 0. The summed E-state index contributed by atoms with van der Waals surface area (Å²) in [6.45, 7) is 0. The van der Waals surface area contributed by atoms with Crippen LogP contribution in [0, 0.1) is 11.9 Å². The van der Waals surface area contributed by atoms with E-state index in [1.54, 1.807) is 0 Å². The SMILES string of the molecule is NC1CC(Oc2[c]ccc(F)c2)C1. The topological polar surface area (TPSA) is 35.2 Å². The molecule has 0 unspecified atom stereocenters. The number of hydrogen-bond donors (Lipinski definition) is 1. The van der Waals surface area contributed by atoms with Crippen molar-refractivity contribution in [2.45, 2.75) is 25.0 Å². The first kappa shape index (κ1) is 8.51. The number of nitrogens with two attached hydrogens (primary N) is 1. The van der Waals surface area contributed by atoms with Crippen LogP contribution in [-0.2, 0) is 0 Å². The van der Waals surface area contributed by atoms with E-state index in [9.17, 15) is 4.39 Å². The van der Waals surface area contributed by atoms with E-state index in [4.69, 9.17) is 10.5 Å². The molecule has 1 aromatic rings. The Balaban J connectivity index is 1.94. The van der Waals surface area contributed by atoms with Crippen molar-refractivity contribution in [2.24, 2.45) is 5.73 Å². The molecule has 3 heteroatoms. The van der Waals surface area contributed by atoms with Gasteiger partial charge in [-0.05, 0) is 25.0 Å². The molecule has 1 aliphatic rings. The van der Waals surface area contributed by atoms with E-state index in [1.165, 1.54) is 18.2 Å². The van der Waals surface area contributed by atoms with Crippen LogP contribution in [-0.4, -0.2) is 12.1 Å². The normalized spacial score (nSPS) is 26.6. The molecule has 0 heterocycles. The zero-order chi connectivity index (χ0) is 9.26. The van der Waals surface area contributed by atoms with Gasteiger partial charge in [-0.3, -0.25) is 0 Å². The summed E-state index contributed by atoms with van der Waals surface area (Å²) in [5.74, 6) is 0.175. The highest BCUT2D eigenvalue weighted by atomic mass is 19.1. The second-order valence-electron chi connectivity index (χ2n) is 3.34. The van der Waals surface area contributed by atoms with Crippen molar-refractivity contribution >= 4 is 0 Å². The van der Waals surface area contributed by atoms with E-state index < -0.39 is 0 Å². The van der Waals surface area contributed by atoms with E-state index in [-0.39, 0.29) is 18.0 Å². The molecule has 2 N–H and O–H groups in total. The second-order valence-corrected chi connectivity index (χ2v) is 3.34. The van der Waals surface area contributed by atoms with Crippen molar-refractivity contribution in [3.63, 3.8) is 0 Å². The van der Waals surface area contributed by atoms with Crippen molar-refractivity contribution < 1.29 is 9.13 Å². The van der Waals surface area contributed by atoms with Crippen molar-refractivity contribution in [3.05, 3.63) is 30.1 Å². The first-order valence-corrected chi connectivity index (χ1v) is 4.33. The molecule has 0 aromatic heterocycles. The highest BCUT2D eigenvalue weighted by Crippen LogP contribution is 2.24. The molecule has 13 heavy (non-hydrogen) atoms. The Bertz CT molecular complexity index is 297. The lowest BCUT2D eigenvalue weighted by Crippen LogP contribution is -2.43. The maximum Gasteiger partial charge on any atom is 0.130 e. The molecule has 2 rings (SSSR count). The maximum absolute atomic E-state index is 12.7. The summed E-state index contributed by atoms with van der Waals surface area (Å²) in [5.41, 5.74) is 5.59. The first-order valence-electron chi connectivity index (χ1n) is 4.33. The van der Waals surface area contributed by atoms with Gasteiger partial charge in [0.2, 0.25) is 0 Å². The van der Waals surface area contributed by atoms with Gasteiger partial charge in [-0.2, -0.15) is 0 Å². The standard InChI is InChI=1S/C10H11FNO/c11-7-2-1-3-9(4-7)13-10-5-8(12)6-10/h1-2,4,8,10H,5-6,12H2. The van der Waals surface area contributed by atoms with Crippen LogP contribution in [0.15, 0.2) is 18.2 Å². The molecule has 0 amide bonds. The molecule has 69 valence electrons. The molecular weight excluding hydrogens is 169 g/mol. The van der Waals surface area contributed by atoms with E-state index >= 15 is 0 Å². The van der Waals surface area contributed by atoms with Crippen molar-refractivity contribution in [1.82, 2.24) is 0 Å². The molecule has 2 nitrogen and oxygen atoms in total. The molecule has 1 radical (unpaired) electrons. The molecule has 0 saturated heterocycles. The largest absolute Gasteiger partial charge is 0.490 e. The Morgan fingerprint density at radius 3 is 2.92 bits per heavy atom. The van der Waals surface area contributed by atoms with Crippen molar-refractivity contribution in [2.75, 3.05) is 0 Å². The minimum Gasteiger partial charge on any atom is -0.490 e. The van der Waals surface area contributed by atoms with Crippen LogP contribution in [0.5, 0.6) is 5.75 Å². The lowest BCUT2D eigenvalue weighted by Gasteiger charge is -2.32. The monoisotopic (exact) mass is 180 g/mol. The van der Waals surface area contributed by atoms with Crippen LogP contribution in [0.4, 0.5) is 4.39 Å². The maximum atomic E-state index is 12.7. The third-order valence-electron chi connectivity index (χ3n) is 2.16. The predicted octanol–water partition coefficient (Wildman–Crippen LogP) is 1.49. The summed E-state index contributed by atoms with van der Waals surface area (Å²) in [6.07, 6.45) is 1.85. The van der Waals surface area contributed by atoms with Crippen LogP contribution in [0.2, 0.25) is 0 Å². The zero-order valence-electron chi connectivity index (χ0n) is 7.16. The third-order valence-corrected chi connectivity index (χ3v) is 2.16. The Hall–Kier alpha value is -1.09. The van der Waals surface area contributed by atoms with Crippen molar-refractivity contribution in [1.29, 1.82) is 0 Å². The fourth-order valence-corrected chi connectivity index (χ4v) is 1.37. The van der Waals surface area contributed by atoms with Crippen LogP contribution < -0.4 is 10.5 Å². The van der Waals surface area contributed by atoms with Gasteiger partial charge in [-0.15, -0.1) is 0 Å². The number of rotatable bonds is 2. The fraction of sp³-hybridized carbons (Fsp3) is 0.400. The molecule has 1 fully saturated rings. The molecule has 1 aromatic carbocycles. The minimum absolute atomic E-state index is 0.146. The van der Waals surface area contributed by atoms with Crippen LogP contribution in [0.3, 0.4) is 0 Å². The number of hydrogen-bond acceptors (Lipinski definition) is 2. The Labute approximate surface area is 76.5 Å². The van der Waals surface area contributed by atoms with Crippen molar-refractivity contribution in [3.8, 4) is 5.75 Å². The second kappa shape index (κ2) is 3.34. The Morgan fingerprint density at radius 1 is 1.54 bits per heavy atom. The van der Waals surface area contributed by atoms with Crippen LogP contribution in [0.1, 0.15) is 12.8 Å². The van der Waals surface area contributed by atoms with Crippen LogP contribution in [0.25, 0.3) is 0 Å². The Kier molecular flexibility index (Phi) is 2.19. The minimum atomic E-state index is -0.294. The van der Waals surface area contributed by atoms with E-state index in [1.807, 2.05) is 0 Å². The molecule has 1 saturated carbocycles. The predicted molar refractivity (Wildman–Crippen MR) is 46.9 cm³/mol. The molecule has 0 atom stereocenters. The van der Waals surface area contributed by atoms with Gasteiger partial charge in [0.15, 0.2) is 0 Å². The van der Waals surface area contributed by atoms with E-state index in [2.05, 4.69) is 6.07 Å². The summed E-state index contributed by atoms with van der Waals surface area (Å²) < 4.78 is 18.1. The molecule has 0 bridgehead atoms. The van der Waals surface area contributed by atoms with E-state index in [0.717, 1.165) is 12.8 Å². The highest BCUT2D eigenvalue weighted by Gasteiger charge is 2.27. The van der Waals surface area contributed by atoms with Gasteiger partial charge in [0.25, 0.3) is 0 Å². The van der Waals surface area contributed by atoms with Gasteiger partial charge in [0.1, 0.15) is 17.7 Å². The highest BCUT2D eigenvalue weighted by molar-refractivity contribution is 5.21. The first-order chi connectivity index (χ1) is 6.24. The Morgan fingerprint density at radius 2 is 2.31 bits per heavy atom. The average molecular weight is 180 g/mol. The summed E-state index contributed by atoms with van der Waals surface area (Å²) in [6, 6.07) is 7.27. The van der Waals surface area contributed by atoms with Gasteiger partial charge >= 0.3 is 0 Å². The quantitative estimate of drug-likeness (QED) is 0.748. The third kappa shape index (κ3) is 1.98. The van der Waals surface area contributed by atoms with Gasteiger partial charge in [0.05, 0.1) is 0 Å². The van der Waals surface area contributed by atoms with Gasteiger partial charge in [-0.1, -0.05) is 0 Å². The van der Waals surface area contributed by atoms with Crippen LogP contribution >= 0.6 is 0 Å². The summed E-state index contributed by atoms with van der Waals surface area (Å²) in [7, 11) is 0. The molecule has 1 aliphatic carbocycles. The summed E-state index contributed by atoms with van der Waals surface area (Å²) >= 11 is 0. The smallest absolute Gasteiger partial charge is 0.130 e. The molecule has 0 aliphatic heterocycles. The number of halogens is 1. The lowest BCUT2D eigenvalue weighted by atomic mass is 9.90. The van der Waals surface area contributed by atoms with Gasteiger partial charge in [0, 0.05) is 18.2 Å². The lowest BCUT2D eigenvalue weighted by molar-refractivity contribution is 0.100. The fourth-order valence-electron chi connectivity index (χ4n) is 1.37. The zero-order valence-corrected chi connectivity index (χ0v) is 7.16. The van der Waals surface area contributed by atoms with Gasteiger partial charge in [-0.25, -0.2) is 4.39 Å². The van der Waals surface area contributed by atoms with E-state index in [0.29, 0.717) is 5.75 Å². The number of benzene rings is 1. The van der Waals surface area contributed by atoms with Gasteiger partial charge < -0.3 is 10.5 Å².